The number of carbonyl (C=O) groups is 1. The average Bonchev–Trinajstić information content (AvgIpc) is 2.81. The van der Waals surface area contributed by atoms with Crippen molar-refractivity contribution in [3.05, 3.63) is 93.7 Å². The highest BCUT2D eigenvalue weighted by atomic mass is 16.6. The number of nitro groups is 1. The van der Waals surface area contributed by atoms with Gasteiger partial charge in [-0.3, -0.25) is 10.1 Å². The smallest absolute Gasteiger partial charge is 0.410 e. The number of nitrogens with zero attached hydrogens (tertiary/aromatic N) is 4. The summed E-state index contributed by atoms with van der Waals surface area (Å²) in [4.78, 5) is 32.8. The first kappa shape index (κ1) is 26.9. The molecule has 1 aliphatic heterocycles. The molecule has 4 rings (SSSR count). The number of pyridine rings is 1. The number of carbonyl (C=O) groups excluding carboxylic acids is 1. The van der Waals surface area contributed by atoms with Gasteiger partial charge in [-0.25, -0.2) is 9.78 Å². The molecular weight excluding hydrogens is 482 g/mol. The summed E-state index contributed by atoms with van der Waals surface area (Å²) in [6.45, 7) is 10.9. The summed E-state index contributed by atoms with van der Waals surface area (Å²) in [5.41, 5.74) is 1.87. The van der Waals surface area contributed by atoms with Crippen LogP contribution in [0.5, 0.6) is 0 Å². The van der Waals surface area contributed by atoms with Crippen LogP contribution < -0.4 is 10.2 Å². The Labute approximate surface area is 223 Å². The molecule has 9 nitrogen and oxygen atoms in total. The predicted octanol–water partition coefficient (Wildman–Crippen LogP) is 5.93. The summed E-state index contributed by atoms with van der Waals surface area (Å²) in [6.07, 6.45) is -0.394. The Morgan fingerprint density at radius 3 is 2.08 bits per heavy atom. The Bertz CT molecular complexity index is 1240. The SMILES string of the molecule is Cc1cc(NC2(C)CN(C(=O)OC(C)(C)C)C2)c([N+](=O)[O-])c(N(Cc2ccccc2)Cc2ccccc2)n1. The van der Waals surface area contributed by atoms with Crippen molar-refractivity contribution in [3.8, 4) is 0 Å². The van der Waals surface area contributed by atoms with Crippen LogP contribution in [0.1, 0.15) is 44.5 Å². The summed E-state index contributed by atoms with van der Waals surface area (Å²) in [5.74, 6) is 0.303. The molecule has 3 aromatic rings. The normalized spacial score (nSPS) is 14.4. The van der Waals surface area contributed by atoms with E-state index in [0.29, 0.717) is 43.4 Å². The minimum Gasteiger partial charge on any atom is -0.444 e. The van der Waals surface area contributed by atoms with E-state index in [1.807, 2.05) is 100 Å². The maximum atomic E-state index is 12.5. The minimum atomic E-state index is -0.590. The van der Waals surface area contributed by atoms with E-state index in [-0.39, 0.29) is 10.6 Å². The lowest BCUT2D eigenvalue weighted by Gasteiger charge is -2.48. The molecule has 200 valence electrons. The van der Waals surface area contributed by atoms with Crippen molar-refractivity contribution in [1.29, 1.82) is 0 Å². The van der Waals surface area contributed by atoms with Gasteiger partial charge in [-0.2, -0.15) is 0 Å². The first-order valence-corrected chi connectivity index (χ1v) is 12.7. The quantitative estimate of drug-likeness (QED) is 0.292. The van der Waals surface area contributed by atoms with Gasteiger partial charge in [0, 0.05) is 31.9 Å². The third-order valence-electron chi connectivity index (χ3n) is 6.18. The molecule has 1 aromatic heterocycles. The third-order valence-corrected chi connectivity index (χ3v) is 6.18. The summed E-state index contributed by atoms with van der Waals surface area (Å²) < 4.78 is 5.46. The Morgan fingerprint density at radius 1 is 1.08 bits per heavy atom. The van der Waals surface area contributed by atoms with Gasteiger partial charge in [-0.1, -0.05) is 60.7 Å². The van der Waals surface area contributed by atoms with Crippen LogP contribution >= 0.6 is 0 Å². The molecule has 0 spiro atoms. The van der Waals surface area contributed by atoms with Crippen LogP contribution in [0, 0.1) is 17.0 Å². The van der Waals surface area contributed by atoms with Crippen LogP contribution in [0.15, 0.2) is 66.7 Å². The number of amides is 1. The lowest BCUT2D eigenvalue weighted by molar-refractivity contribution is -0.383. The number of hydrogen-bond acceptors (Lipinski definition) is 7. The molecule has 0 radical (unpaired) electrons. The maximum absolute atomic E-state index is 12.5. The van der Waals surface area contributed by atoms with Gasteiger partial charge in [0.2, 0.25) is 5.82 Å². The van der Waals surface area contributed by atoms with Gasteiger partial charge < -0.3 is 19.9 Å². The first-order valence-electron chi connectivity index (χ1n) is 12.7. The van der Waals surface area contributed by atoms with Crippen LogP contribution in [0.3, 0.4) is 0 Å². The number of nitrogens with one attached hydrogen (secondary N) is 1. The van der Waals surface area contributed by atoms with Gasteiger partial charge in [-0.15, -0.1) is 0 Å². The zero-order chi connectivity index (χ0) is 27.5. The number of aromatic nitrogens is 1. The summed E-state index contributed by atoms with van der Waals surface area (Å²) in [6, 6.07) is 21.4. The van der Waals surface area contributed by atoms with E-state index < -0.39 is 17.2 Å². The van der Waals surface area contributed by atoms with Crippen LogP contribution in [0.2, 0.25) is 0 Å². The molecule has 2 heterocycles. The van der Waals surface area contributed by atoms with E-state index >= 15 is 0 Å². The Hall–Kier alpha value is -4.14. The van der Waals surface area contributed by atoms with Crippen LogP contribution in [-0.4, -0.2) is 45.1 Å². The maximum Gasteiger partial charge on any atom is 0.410 e. The van der Waals surface area contributed by atoms with E-state index in [4.69, 9.17) is 4.74 Å². The topological polar surface area (TPSA) is 101 Å². The number of aryl methyl sites for hydroxylation is 1. The zero-order valence-electron chi connectivity index (χ0n) is 22.6. The van der Waals surface area contributed by atoms with E-state index in [1.165, 1.54) is 0 Å². The van der Waals surface area contributed by atoms with E-state index in [1.54, 1.807) is 11.0 Å². The number of hydrogen-bond donors (Lipinski definition) is 1. The van der Waals surface area contributed by atoms with Crippen molar-refractivity contribution in [2.24, 2.45) is 0 Å². The van der Waals surface area contributed by atoms with Gasteiger partial charge >= 0.3 is 11.8 Å². The molecule has 0 atom stereocenters. The van der Waals surface area contributed by atoms with Crippen molar-refractivity contribution in [2.75, 3.05) is 23.3 Å². The fraction of sp³-hybridized carbons (Fsp3) is 0.379. The van der Waals surface area contributed by atoms with E-state index in [0.717, 1.165) is 11.1 Å². The highest BCUT2D eigenvalue weighted by Crippen LogP contribution is 2.39. The highest BCUT2D eigenvalue weighted by molar-refractivity contribution is 5.76. The van der Waals surface area contributed by atoms with Gasteiger partial charge in [0.05, 0.1) is 10.5 Å². The monoisotopic (exact) mass is 517 g/mol. The van der Waals surface area contributed by atoms with Crippen molar-refractivity contribution in [2.45, 2.75) is 58.8 Å². The van der Waals surface area contributed by atoms with Gasteiger partial charge in [0.25, 0.3) is 0 Å². The van der Waals surface area contributed by atoms with E-state index in [2.05, 4.69) is 10.3 Å². The molecule has 1 aliphatic rings. The third kappa shape index (κ3) is 6.59. The standard InChI is InChI=1S/C29H35N5O4/c1-21-16-24(31-29(5)19-33(20-29)27(35)38-28(2,3)4)25(34(36)37)26(30-21)32(17-22-12-8-6-9-13-22)18-23-14-10-7-11-15-23/h6-16H,17-20H2,1-5H3,(H,30,31). The average molecular weight is 518 g/mol. The van der Waals surface area contributed by atoms with Crippen molar-refractivity contribution in [1.82, 2.24) is 9.88 Å². The van der Waals surface area contributed by atoms with E-state index in [9.17, 15) is 14.9 Å². The van der Waals surface area contributed by atoms with Crippen LogP contribution in [0.25, 0.3) is 0 Å². The van der Waals surface area contributed by atoms with Crippen molar-refractivity contribution in [3.63, 3.8) is 0 Å². The molecule has 1 saturated heterocycles. The number of rotatable bonds is 8. The first-order chi connectivity index (χ1) is 17.9. The molecule has 1 amide bonds. The zero-order valence-corrected chi connectivity index (χ0v) is 22.6. The molecule has 9 heteroatoms. The molecule has 0 aliphatic carbocycles. The summed E-state index contributed by atoms with van der Waals surface area (Å²) in [5, 5.41) is 15.9. The lowest BCUT2D eigenvalue weighted by atomic mass is 9.92. The van der Waals surface area contributed by atoms with Gasteiger partial charge in [0.15, 0.2) is 0 Å². The fourth-order valence-corrected chi connectivity index (χ4v) is 4.61. The fourth-order valence-electron chi connectivity index (χ4n) is 4.61. The Kier molecular flexibility index (Phi) is 7.57. The highest BCUT2D eigenvalue weighted by Gasteiger charge is 2.44. The Morgan fingerprint density at radius 2 is 1.61 bits per heavy atom. The predicted molar refractivity (Wildman–Crippen MR) is 148 cm³/mol. The van der Waals surface area contributed by atoms with Gasteiger partial charge in [0.1, 0.15) is 11.3 Å². The summed E-state index contributed by atoms with van der Waals surface area (Å²) in [7, 11) is 0. The number of likely N-dealkylation sites (tertiary alicyclic amines) is 1. The molecule has 0 bridgehead atoms. The molecule has 1 fully saturated rings. The van der Waals surface area contributed by atoms with Crippen LogP contribution in [0.4, 0.5) is 22.0 Å². The molecule has 2 aromatic carbocycles. The molecule has 1 N–H and O–H groups in total. The number of benzene rings is 2. The minimum absolute atomic E-state index is 0.0839. The van der Waals surface area contributed by atoms with Gasteiger partial charge in [-0.05, 0) is 51.8 Å². The second-order valence-electron chi connectivity index (χ2n) is 11.1. The molecule has 0 saturated carbocycles. The largest absolute Gasteiger partial charge is 0.444 e. The van der Waals surface area contributed by atoms with Crippen molar-refractivity contribution >= 4 is 23.3 Å². The molecular formula is C29H35N5O4. The molecule has 0 unspecified atom stereocenters. The van der Waals surface area contributed by atoms with Crippen LogP contribution in [-0.2, 0) is 17.8 Å². The molecule has 38 heavy (non-hydrogen) atoms. The number of ether oxygens (including phenoxy) is 1. The lowest BCUT2D eigenvalue weighted by Crippen LogP contribution is -2.66. The second kappa shape index (κ2) is 10.7. The van der Waals surface area contributed by atoms with Crippen molar-refractivity contribution < 1.29 is 14.5 Å². The Balaban J connectivity index is 1.65. The second-order valence-corrected chi connectivity index (χ2v) is 11.1. The number of anilines is 2. The summed E-state index contributed by atoms with van der Waals surface area (Å²) >= 11 is 0.